The Morgan fingerprint density at radius 1 is 1.21 bits per heavy atom. The van der Waals surface area contributed by atoms with E-state index in [1.165, 1.54) is 5.57 Å². The van der Waals surface area contributed by atoms with Crippen LogP contribution in [0.2, 0.25) is 0 Å². The monoisotopic (exact) mass is 552 g/mol. The Labute approximate surface area is 225 Å². The molecular formula is C28H41O9P. The van der Waals surface area contributed by atoms with Crippen molar-refractivity contribution in [2.45, 2.75) is 70.8 Å². The minimum Gasteiger partial charge on any atom is -0.507 e. The van der Waals surface area contributed by atoms with Gasteiger partial charge in [0, 0.05) is 18.6 Å². The number of allylic oxidation sites excluding steroid dienone is 3. The number of carbonyl (C=O) groups excluding carboxylic acids is 1. The van der Waals surface area contributed by atoms with Crippen molar-refractivity contribution in [2.24, 2.45) is 5.92 Å². The lowest BCUT2D eigenvalue weighted by molar-refractivity contribution is -0.145. The number of aromatic hydroxyl groups is 1. The van der Waals surface area contributed by atoms with E-state index < -0.39 is 19.4 Å². The molecule has 212 valence electrons. The van der Waals surface area contributed by atoms with Gasteiger partial charge < -0.3 is 24.2 Å². The number of phosphoric acid groups is 1. The van der Waals surface area contributed by atoms with E-state index in [1.807, 2.05) is 20.8 Å². The third-order valence-corrected chi connectivity index (χ3v) is 8.00. The van der Waals surface area contributed by atoms with Gasteiger partial charge in [-0.3, -0.25) is 9.05 Å². The number of phosphoric ester groups is 1. The Kier molecular flexibility index (Phi) is 10.7. The molecule has 0 heterocycles. The van der Waals surface area contributed by atoms with Crippen LogP contribution in [0.5, 0.6) is 11.5 Å². The fourth-order valence-electron chi connectivity index (χ4n) is 4.77. The summed E-state index contributed by atoms with van der Waals surface area (Å²) in [5, 5.41) is 11.1. The number of hydrogen-bond acceptors (Lipinski definition) is 8. The maximum Gasteiger partial charge on any atom is 0.473 e. The summed E-state index contributed by atoms with van der Waals surface area (Å²) in [6.07, 6.45) is 5.87. The molecule has 0 aliphatic heterocycles. The summed E-state index contributed by atoms with van der Waals surface area (Å²) in [4.78, 5) is 23.5. The van der Waals surface area contributed by atoms with Crippen molar-refractivity contribution in [1.82, 2.24) is 0 Å². The van der Waals surface area contributed by atoms with Crippen LogP contribution in [-0.4, -0.2) is 55.1 Å². The number of phenolic OH excluding ortho intramolecular Hbond substituents is 1. The van der Waals surface area contributed by atoms with E-state index in [0.717, 1.165) is 30.4 Å². The molecule has 10 heteroatoms. The highest BCUT2D eigenvalue weighted by Crippen LogP contribution is 2.56. The minimum atomic E-state index is -4.55. The van der Waals surface area contributed by atoms with Crippen molar-refractivity contribution in [3.8, 4) is 11.5 Å². The molecule has 9 nitrogen and oxygen atoms in total. The van der Waals surface area contributed by atoms with Crippen LogP contribution in [0.4, 0.5) is 0 Å². The van der Waals surface area contributed by atoms with E-state index in [4.69, 9.17) is 23.3 Å². The van der Waals surface area contributed by atoms with E-state index in [9.17, 15) is 19.4 Å². The molecule has 38 heavy (non-hydrogen) atoms. The lowest BCUT2D eigenvalue weighted by atomic mass is 9.73. The van der Waals surface area contributed by atoms with Gasteiger partial charge in [-0.05, 0) is 69.6 Å². The highest BCUT2D eigenvalue weighted by atomic mass is 31.2. The smallest absolute Gasteiger partial charge is 0.473 e. The van der Waals surface area contributed by atoms with Gasteiger partial charge in [-0.2, -0.15) is 0 Å². The van der Waals surface area contributed by atoms with Gasteiger partial charge in [-0.25, -0.2) is 9.36 Å². The molecule has 1 unspecified atom stereocenters. The topological polar surface area (TPSA) is 121 Å². The minimum absolute atomic E-state index is 0.0522. The highest BCUT2D eigenvalue weighted by Gasteiger charge is 2.58. The maximum atomic E-state index is 13.3. The van der Waals surface area contributed by atoms with Crippen molar-refractivity contribution < 1.29 is 42.6 Å². The summed E-state index contributed by atoms with van der Waals surface area (Å²) in [7, 11) is -3.01. The van der Waals surface area contributed by atoms with Gasteiger partial charge in [0.25, 0.3) is 0 Å². The van der Waals surface area contributed by atoms with Crippen LogP contribution in [0.15, 0.2) is 35.9 Å². The third kappa shape index (κ3) is 8.01. The van der Waals surface area contributed by atoms with Crippen molar-refractivity contribution in [3.05, 3.63) is 47.1 Å². The summed E-state index contributed by atoms with van der Waals surface area (Å²) < 4.78 is 38.8. The molecule has 0 radical (unpaired) electrons. The van der Waals surface area contributed by atoms with Crippen LogP contribution in [-0.2, 0) is 34.3 Å². The van der Waals surface area contributed by atoms with Crippen molar-refractivity contribution >= 4 is 13.8 Å². The molecule has 3 rings (SSSR count). The molecule has 2 N–H and O–H groups in total. The lowest BCUT2D eigenvalue weighted by Gasteiger charge is -2.32. The zero-order chi connectivity index (χ0) is 27.9. The van der Waals surface area contributed by atoms with E-state index >= 15 is 0 Å². The summed E-state index contributed by atoms with van der Waals surface area (Å²) in [5.41, 5.74) is 1.93. The van der Waals surface area contributed by atoms with Gasteiger partial charge in [-0.15, -0.1) is 0 Å². The second kappa shape index (κ2) is 13.4. The molecule has 1 fully saturated rings. The Balaban J connectivity index is 1.81. The number of esters is 1. The quantitative estimate of drug-likeness (QED) is 0.0942. The van der Waals surface area contributed by atoms with Crippen LogP contribution < -0.4 is 4.74 Å². The maximum absolute atomic E-state index is 13.3. The zero-order valence-electron chi connectivity index (χ0n) is 22.9. The first-order chi connectivity index (χ1) is 18.0. The molecule has 1 aromatic rings. The summed E-state index contributed by atoms with van der Waals surface area (Å²) >= 11 is 0. The predicted molar refractivity (Wildman–Crippen MR) is 143 cm³/mol. The van der Waals surface area contributed by atoms with E-state index in [-0.39, 0.29) is 49.4 Å². The Morgan fingerprint density at radius 3 is 2.55 bits per heavy atom. The van der Waals surface area contributed by atoms with Gasteiger partial charge in [-0.1, -0.05) is 37.1 Å². The first-order valence-electron chi connectivity index (χ1n) is 13.2. The molecule has 1 saturated carbocycles. The van der Waals surface area contributed by atoms with Gasteiger partial charge in [0.15, 0.2) is 5.60 Å². The molecule has 2 aliphatic carbocycles. The summed E-state index contributed by atoms with van der Waals surface area (Å²) in [5.74, 6) is -0.653. The largest absolute Gasteiger partial charge is 0.507 e. The van der Waals surface area contributed by atoms with Crippen LogP contribution in [0, 0.1) is 5.92 Å². The van der Waals surface area contributed by atoms with Gasteiger partial charge >= 0.3 is 13.8 Å². The van der Waals surface area contributed by atoms with E-state index in [0.29, 0.717) is 25.2 Å². The highest BCUT2D eigenvalue weighted by molar-refractivity contribution is 7.47. The van der Waals surface area contributed by atoms with E-state index in [1.54, 1.807) is 19.2 Å². The number of hydrogen-bond donors (Lipinski definition) is 2. The first-order valence-corrected chi connectivity index (χ1v) is 14.7. The molecule has 0 bridgehead atoms. The molecule has 2 aliphatic rings. The van der Waals surface area contributed by atoms with Crippen LogP contribution in [0.3, 0.4) is 0 Å². The predicted octanol–water partition coefficient (Wildman–Crippen LogP) is 5.60. The fraction of sp³-hybridized carbons (Fsp3) is 0.607. The number of rotatable bonds is 15. The van der Waals surface area contributed by atoms with Gasteiger partial charge in [0.1, 0.15) is 11.5 Å². The van der Waals surface area contributed by atoms with Crippen LogP contribution >= 0.6 is 7.82 Å². The molecular weight excluding hydrogens is 511 g/mol. The van der Waals surface area contributed by atoms with Crippen LogP contribution in [0.1, 0.15) is 69.9 Å². The number of benzene rings is 1. The second-order valence-electron chi connectivity index (χ2n) is 10.2. The molecule has 0 amide bonds. The molecule has 0 spiro atoms. The Bertz CT molecular complexity index is 1080. The Morgan fingerprint density at radius 2 is 1.92 bits per heavy atom. The average Bonchev–Trinajstić information content (AvgIpc) is 3.61. The molecule has 0 saturated heterocycles. The number of aryl methyl sites for hydroxylation is 1. The standard InChI is InChI=1S/C28H41O9P/c1-6-7-21-17-24(29)26(23-16-20(4)8-9-22(23)19(2)3)25(18-21)36-27(30)28(10-11-28)37-38(31,32)35-15-14-34-13-12-33-5/h16-18,22-23,29H,2,6-15H2,1,3-5H3,(H,31,32)/t22-,23+/m0/s1. The number of methoxy groups -OCH3 is 1. The number of phenols is 1. The lowest BCUT2D eigenvalue weighted by Crippen LogP contribution is -2.31. The summed E-state index contributed by atoms with van der Waals surface area (Å²) in [6, 6.07) is 3.49. The normalized spacial score (nSPS) is 21.9. The van der Waals surface area contributed by atoms with Crippen molar-refractivity contribution in [2.75, 3.05) is 33.5 Å². The number of ether oxygens (including phenoxy) is 3. The van der Waals surface area contributed by atoms with Gasteiger partial charge in [0.05, 0.1) is 26.4 Å². The third-order valence-electron chi connectivity index (χ3n) is 6.92. The van der Waals surface area contributed by atoms with Gasteiger partial charge in [0.2, 0.25) is 0 Å². The van der Waals surface area contributed by atoms with Crippen LogP contribution in [0.25, 0.3) is 0 Å². The number of carbonyl (C=O) groups is 1. The SMILES string of the molecule is C=C(C)[C@@H]1CCC(C)=C[C@H]1c1c(O)cc(CCC)cc1OC(=O)C1(OP(=O)(O)OCCOCCOC)CC1. The molecule has 1 aromatic carbocycles. The second-order valence-corrected chi connectivity index (χ2v) is 11.6. The van der Waals surface area contributed by atoms with Crippen molar-refractivity contribution in [1.29, 1.82) is 0 Å². The molecule has 0 aromatic heterocycles. The molecule has 3 atom stereocenters. The van der Waals surface area contributed by atoms with Crippen molar-refractivity contribution in [3.63, 3.8) is 0 Å². The Hall–Kier alpha value is -2.00. The fourth-order valence-corrected chi connectivity index (χ4v) is 5.82. The van der Waals surface area contributed by atoms with E-state index in [2.05, 4.69) is 12.7 Å². The zero-order valence-corrected chi connectivity index (χ0v) is 23.8. The average molecular weight is 553 g/mol. The summed E-state index contributed by atoms with van der Waals surface area (Å²) in [6.45, 7) is 10.8. The first kappa shape index (κ1) is 30.5.